The molecule has 0 aliphatic rings. The molecule has 3 rings (SSSR count). The van der Waals surface area contributed by atoms with Gasteiger partial charge in [-0.05, 0) is 59.2 Å². The number of fused-ring (bicyclic) bond motifs is 1. The molecule has 0 atom stereocenters. The molecule has 0 spiro atoms. The highest BCUT2D eigenvalue weighted by Crippen LogP contribution is 2.23. The SMILES string of the molecule is CCCOC(=O)c1ccc(Cn2ccc3cc(C(C)C)ccc32)cc1. The molecule has 130 valence electrons. The van der Waals surface area contributed by atoms with E-state index in [1.807, 2.05) is 31.2 Å². The Morgan fingerprint density at radius 1 is 1.08 bits per heavy atom. The summed E-state index contributed by atoms with van der Waals surface area (Å²) in [7, 11) is 0. The lowest BCUT2D eigenvalue weighted by Gasteiger charge is -2.09. The number of carbonyl (C=O) groups excluding carboxylic acids is 1. The monoisotopic (exact) mass is 335 g/mol. The second-order valence-electron chi connectivity index (χ2n) is 6.75. The summed E-state index contributed by atoms with van der Waals surface area (Å²) in [6.07, 6.45) is 2.96. The van der Waals surface area contributed by atoms with Crippen molar-refractivity contribution in [3.8, 4) is 0 Å². The van der Waals surface area contributed by atoms with Crippen LogP contribution in [-0.4, -0.2) is 17.1 Å². The average molecular weight is 335 g/mol. The van der Waals surface area contributed by atoms with Gasteiger partial charge in [0.05, 0.1) is 12.2 Å². The predicted molar refractivity (Wildman–Crippen MR) is 102 cm³/mol. The number of hydrogen-bond acceptors (Lipinski definition) is 2. The van der Waals surface area contributed by atoms with Crippen LogP contribution in [0.4, 0.5) is 0 Å². The zero-order chi connectivity index (χ0) is 17.8. The summed E-state index contributed by atoms with van der Waals surface area (Å²) < 4.78 is 7.41. The largest absolute Gasteiger partial charge is 0.462 e. The van der Waals surface area contributed by atoms with E-state index in [-0.39, 0.29) is 5.97 Å². The van der Waals surface area contributed by atoms with Gasteiger partial charge in [-0.1, -0.05) is 39.0 Å². The normalized spacial score (nSPS) is 11.2. The Hall–Kier alpha value is -2.55. The van der Waals surface area contributed by atoms with Gasteiger partial charge in [-0.2, -0.15) is 0 Å². The van der Waals surface area contributed by atoms with E-state index in [0.29, 0.717) is 18.1 Å². The molecule has 0 saturated carbocycles. The number of rotatable bonds is 6. The quantitative estimate of drug-likeness (QED) is 0.566. The van der Waals surface area contributed by atoms with E-state index in [1.54, 1.807) is 0 Å². The molecular formula is C22H25NO2. The van der Waals surface area contributed by atoms with Crippen molar-refractivity contribution in [1.29, 1.82) is 0 Å². The van der Waals surface area contributed by atoms with Gasteiger partial charge in [0.25, 0.3) is 0 Å². The molecule has 1 aromatic heterocycles. The van der Waals surface area contributed by atoms with Crippen molar-refractivity contribution in [2.45, 2.75) is 39.7 Å². The van der Waals surface area contributed by atoms with E-state index in [9.17, 15) is 4.79 Å². The van der Waals surface area contributed by atoms with Crippen LogP contribution in [0.15, 0.2) is 54.7 Å². The minimum Gasteiger partial charge on any atom is -0.462 e. The summed E-state index contributed by atoms with van der Waals surface area (Å²) in [6, 6.07) is 16.5. The zero-order valence-electron chi connectivity index (χ0n) is 15.2. The fraction of sp³-hybridized carbons (Fsp3) is 0.318. The Morgan fingerprint density at radius 3 is 2.52 bits per heavy atom. The van der Waals surface area contributed by atoms with Crippen LogP contribution in [0.3, 0.4) is 0 Å². The van der Waals surface area contributed by atoms with Crippen LogP contribution >= 0.6 is 0 Å². The number of aromatic nitrogens is 1. The van der Waals surface area contributed by atoms with Gasteiger partial charge in [0.1, 0.15) is 0 Å². The first-order valence-corrected chi connectivity index (χ1v) is 8.93. The summed E-state index contributed by atoms with van der Waals surface area (Å²) in [5.41, 5.74) is 4.37. The lowest BCUT2D eigenvalue weighted by Crippen LogP contribution is -2.06. The van der Waals surface area contributed by atoms with Crippen LogP contribution in [-0.2, 0) is 11.3 Å². The van der Waals surface area contributed by atoms with E-state index >= 15 is 0 Å². The van der Waals surface area contributed by atoms with Crippen molar-refractivity contribution in [3.63, 3.8) is 0 Å². The first-order valence-electron chi connectivity index (χ1n) is 8.93. The van der Waals surface area contributed by atoms with Gasteiger partial charge < -0.3 is 9.30 Å². The molecule has 0 unspecified atom stereocenters. The van der Waals surface area contributed by atoms with Crippen molar-refractivity contribution >= 4 is 16.9 Å². The number of benzene rings is 2. The smallest absolute Gasteiger partial charge is 0.338 e. The van der Waals surface area contributed by atoms with Crippen LogP contribution in [0.1, 0.15) is 54.6 Å². The van der Waals surface area contributed by atoms with Gasteiger partial charge >= 0.3 is 5.97 Å². The lowest BCUT2D eigenvalue weighted by atomic mass is 10.0. The molecular weight excluding hydrogens is 310 g/mol. The lowest BCUT2D eigenvalue weighted by molar-refractivity contribution is 0.0505. The molecule has 3 nitrogen and oxygen atoms in total. The fourth-order valence-electron chi connectivity index (χ4n) is 2.94. The highest BCUT2D eigenvalue weighted by atomic mass is 16.5. The van der Waals surface area contributed by atoms with Crippen molar-refractivity contribution in [3.05, 3.63) is 71.4 Å². The van der Waals surface area contributed by atoms with E-state index < -0.39 is 0 Å². The van der Waals surface area contributed by atoms with Crippen molar-refractivity contribution in [2.24, 2.45) is 0 Å². The number of esters is 1. The molecule has 3 aromatic rings. The van der Waals surface area contributed by atoms with Crippen LogP contribution in [0.5, 0.6) is 0 Å². The predicted octanol–water partition coefficient (Wildman–Crippen LogP) is 5.38. The highest BCUT2D eigenvalue weighted by molar-refractivity contribution is 5.89. The molecule has 0 radical (unpaired) electrons. The minimum absolute atomic E-state index is 0.249. The maximum atomic E-state index is 11.9. The van der Waals surface area contributed by atoms with Gasteiger partial charge in [-0.25, -0.2) is 4.79 Å². The minimum atomic E-state index is -0.249. The Bertz CT molecular complexity index is 859. The standard InChI is InChI=1S/C22H25NO2/c1-4-13-25-22(24)18-7-5-17(6-8-18)15-23-12-11-20-14-19(16(2)3)9-10-21(20)23/h5-12,14,16H,4,13,15H2,1-3H3. The van der Waals surface area contributed by atoms with Gasteiger partial charge in [-0.3, -0.25) is 0 Å². The van der Waals surface area contributed by atoms with Crippen LogP contribution in [0, 0.1) is 0 Å². The fourth-order valence-corrected chi connectivity index (χ4v) is 2.94. The molecule has 0 aliphatic heterocycles. The Balaban J connectivity index is 1.76. The van der Waals surface area contributed by atoms with Gasteiger partial charge in [0.15, 0.2) is 0 Å². The van der Waals surface area contributed by atoms with Crippen molar-refractivity contribution < 1.29 is 9.53 Å². The number of ether oxygens (including phenoxy) is 1. The summed E-state index contributed by atoms with van der Waals surface area (Å²) in [6.45, 7) is 7.67. The third kappa shape index (κ3) is 3.93. The molecule has 0 saturated heterocycles. The number of nitrogens with zero attached hydrogens (tertiary/aromatic N) is 1. The van der Waals surface area contributed by atoms with Crippen LogP contribution in [0.25, 0.3) is 10.9 Å². The second kappa shape index (κ2) is 7.56. The third-order valence-corrected chi connectivity index (χ3v) is 4.44. The zero-order valence-corrected chi connectivity index (χ0v) is 15.2. The Kier molecular flexibility index (Phi) is 5.22. The first kappa shape index (κ1) is 17.3. The van der Waals surface area contributed by atoms with Crippen LogP contribution in [0.2, 0.25) is 0 Å². The first-order chi connectivity index (χ1) is 12.1. The van der Waals surface area contributed by atoms with Crippen LogP contribution < -0.4 is 0 Å². The summed E-state index contributed by atoms with van der Waals surface area (Å²) in [5.74, 6) is 0.286. The summed E-state index contributed by atoms with van der Waals surface area (Å²) in [5, 5.41) is 1.27. The summed E-state index contributed by atoms with van der Waals surface area (Å²) >= 11 is 0. The molecule has 2 aromatic carbocycles. The molecule has 1 heterocycles. The van der Waals surface area contributed by atoms with Crippen molar-refractivity contribution in [1.82, 2.24) is 4.57 Å². The van der Waals surface area contributed by atoms with E-state index in [1.165, 1.54) is 16.5 Å². The molecule has 0 N–H and O–H groups in total. The molecule has 25 heavy (non-hydrogen) atoms. The van der Waals surface area contributed by atoms with Gasteiger partial charge in [0, 0.05) is 18.3 Å². The maximum absolute atomic E-state index is 11.9. The van der Waals surface area contributed by atoms with Crippen molar-refractivity contribution in [2.75, 3.05) is 6.61 Å². The molecule has 0 amide bonds. The maximum Gasteiger partial charge on any atom is 0.338 e. The molecule has 0 bridgehead atoms. The topological polar surface area (TPSA) is 31.2 Å². The highest BCUT2D eigenvalue weighted by Gasteiger charge is 2.08. The third-order valence-electron chi connectivity index (χ3n) is 4.44. The average Bonchev–Trinajstić information content (AvgIpc) is 3.02. The van der Waals surface area contributed by atoms with E-state index in [0.717, 1.165) is 18.5 Å². The number of carbonyl (C=O) groups is 1. The number of hydrogen-bond donors (Lipinski definition) is 0. The molecule has 0 fully saturated rings. The van der Waals surface area contributed by atoms with Gasteiger partial charge in [-0.15, -0.1) is 0 Å². The van der Waals surface area contributed by atoms with Gasteiger partial charge in [0.2, 0.25) is 0 Å². The Labute approximate surface area is 149 Å². The summed E-state index contributed by atoms with van der Waals surface area (Å²) in [4.78, 5) is 11.9. The van der Waals surface area contributed by atoms with E-state index in [2.05, 4.69) is 48.9 Å². The van der Waals surface area contributed by atoms with E-state index in [4.69, 9.17) is 4.74 Å². The Morgan fingerprint density at radius 2 is 1.84 bits per heavy atom. The molecule has 0 aliphatic carbocycles. The molecule has 3 heteroatoms. The second-order valence-corrected chi connectivity index (χ2v) is 6.75.